The van der Waals surface area contributed by atoms with Crippen molar-refractivity contribution in [3.63, 3.8) is 0 Å². The van der Waals surface area contributed by atoms with Gasteiger partial charge in [-0.05, 0) is 82.6 Å². The summed E-state index contributed by atoms with van der Waals surface area (Å²) >= 11 is 0.867. The van der Waals surface area contributed by atoms with Crippen molar-refractivity contribution in [1.29, 1.82) is 0 Å². The zero-order valence-electron chi connectivity index (χ0n) is 26.3. The number of fused-ring (bicyclic) bond motifs is 2. The Morgan fingerprint density at radius 2 is 1.49 bits per heavy atom. The van der Waals surface area contributed by atoms with Crippen LogP contribution in [-0.2, 0) is 29.3 Å². The fourth-order valence-electron chi connectivity index (χ4n) is 5.63. The van der Waals surface area contributed by atoms with Crippen LogP contribution >= 0.6 is 11.8 Å². The van der Waals surface area contributed by atoms with Crippen LogP contribution in [0.25, 0.3) is 27.8 Å². The van der Waals surface area contributed by atoms with E-state index in [1.54, 1.807) is 30.2 Å². The number of hydrogen-bond acceptors (Lipinski definition) is 5. The Morgan fingerprint density at radius 3 is 2.23 bits per heavy atom. The van der Waals surface area contributed by atoms with E-state index >= 15 is 0 Å². The van der Waals surface area contributed by atoms with Crippen molar-refractivity contribution in [1.82, 2.24) is 9.47 Å². The highest BCUT2D eigenvalue weighted by Gasteiger charge is 2.19. The van der Waals surface area contributed by atoms with Crippen LogP contribution in [0.5, 0.6) is 5.75 Å². The molecule has 0 atom stereocenters. The predicted octanol–water partition coefficient (Wildman–Crippen LogP) is 8.55. The largest absolute Gasteiger partial charge is 0.489 e. The molecule has 0 saturated carbocycles. The van der Waals surface area contributed by atoms with E-state index in [0.717, 1.165) is 56.2 Å². The first-order chi connectivity index (χ1) is 22.9. The van der Waals surface area contributed by atoms with Gasteiger partial charge in [0.25, 0.3) is 5.91 Å². The molecule has 0 fully saturated rings. The van der Waals surface area contributed by atoms with Gasteiger partial charge in [-0.25, -0.2) is 0 Å². The number of carbonyl (C=O) groups is 3. The van der Waals surface area contributed by atoms with Gasteiger partial charge in [0.05, 0.1) is 4.91 Å². The average Bonchev–Trinajstić information content (AvgIpc) is 3.42. The molecule has 47 heavy (non-hydrogen) atoms. The van der Waals surface area contributed by atoms with E-state index in [0.29, 0.717) is 35.8 Å². The quantitative estimate of drug-likeness (QED) is 0.0764. The zero-order valence-corrected chi connectivity index (χ0v) is 27.1. The smallest absolute Gasteiger partial charge is 0.260 e. The molecule has 7 heteroatoms. The van der Waals surface area contributed by atoms with Crippen molar-refractivity contribution < 1.29 is 19.1 Å². The maximum Gasteiger partial charge on any atom is 0.260 e. The van der Waals surface area contributed by atoms with E-state index in [1.807, 2.05) is 78.9 Å². The van der Waals surface area contributed by atoms with Crippen LogP contribution in [0, 0.1) is 0 Å². The number of carbonyl (C=O) groups excluding carboxylic acids is 3. The third-order valence-electron chi connectivity index (χ3n) is 8.10. The molecule has 0 unspecified atom stereocenters. The van der Waals surface area contributed by atoms with Gasteiger partial charge < -0.3 is 14.2 Å². The van der Waals surface area contributed by atoms with Crippen molar-refractivity contribution in [3.8, 4) is 5.75 Å². The summed E-state index contributed by atoms with van der Waals surface area (Å²) in [6.07, 6.45) is 1.79. The van der Waals surface area contributed by atoms with Crippen molar-refractivity contribution in [2.75, 3.05) is 7.05 Å². The molecule has 1 amide bonds. The molecule has 234 valence electrons. The molecule has 6 aromatic rings. The number of likely N-dealkylation sites (N-methyl/N-ethyl adjacent to an activating group) is 1. The molecule has 0 aliphatic rings. The van der Waals surface area contributed by atoms with Gasteiger partial charge in [0.2, 0.25) is 0 Å². The lowest BCUT2D eigenvalue weighted by Gasteiger charge is -2.18. The molecule has 0 N–H and O–H groups in total. The Morgan fingerprint density at radius 1 is 0.766 bits per heavy atom. The van der Waals surface area contributed by atoms with Crippen LogP contribution in [0.15, 0.2) is 126 Å². The van der Waals surface area contributed by atoms with Gasteiger partial charge in [-0.15, -0.1) is 0 Å². The molecular weight excluding hydrogens is 605 g/mol. The lowest BCUT2D eigenvalue weighted by molar-refractivity contribution is -0.125. The van der Waals surface area contributed by atoms with Crippen molar-refractivity contribution in [2.45, 2.75) is 26.6 Å². The molecule has 6 rings (SSSR count). The second-order valence-electron chi connectivity index (χ2n) is 11.5. The SMILES string of the molecule is CC(=O)c1ccc(CN(C)C(=O)/C(=C\c2cc3cc(OCc4ccccc4)ccc3n2Cc2ccc3ccccc3c2)SC=O)cc1. The highest BCUT2D eigenvalue weighted by Crippen LogP contribution is 2.30. The molecule has 0 aliphatic carbocycles. The summed E-state index contributed by atoms with van der Waals surface area (Å²) < 4.78 is 8.29. The zero-order chi connectivity index (χ0) is 32.8. The van der Waals surface area contributed by atoms with Gasteiger partial charge in [0, 0.05) is 42.3 Å². The summed E-state index contributed by atoms with van der Waals surface area (Å²) in [5.74, 6) is 0.462. The summed E-state index contributed by atoms with van der Waals surface area (Å²) in [5, 5.41) is 3.29. The molecule has 0 radical (unpaired) electrons. The molecule has 5 aromatic carbocycles. The summed E-state index contributed by atoms with van der Waals surface area (Å²) in [7, 11) is 1.71. The van der Waals surface area contributed by atoms with Crippen molar-refractivity contribution >= 4 is 56.8 Å². The number of hydrogen-bond donors (Lipinski definition) is 0. The Kier molecular flexibility index (Phi) is 9.64. The van der Waals surface area contributed by atoms with E-state index in [2.05, 4.69) is 34.9 Å². The molecule has 0 aliphatic heterocycles. The number of aromatic nitrogens is 1. The Labute approximate surface area is 278 Å². The van der Waals surface area contributed by atoms with Crippen LogP contribution in [0.2, 0.25) is 0 Å². The van der Waals surface area contributed by atoms with E-state index in [4.69, 9.17) is 4.74 Å². The fraction of sp³-hybridized carbons (Fsp3) is 0.125. The van der Waals surface area contributed by atoms with Crippen LogP contribution in [0.1, 0.15) is 39.7 Å². The minimum Gasteiger partial charge on any atom is -0.489 e. The van der Waals surface area contributed by atoms with E-state index in [9.17, 15) is 14.4 Å². The van der Waals surface area contributed by atoms with Crippen molar-refractivity contribution in [2.24, 2.45) is 0 Å². The van der Waals surface area contributed by atoms with Gasteiger partial charge in [-0.1, -0.05) is 91.0 Å². The number of rotatable bonds is 12. The molecule has 0 saturated heterocycles. The minimum atomic E-state index is -0.271. The van der Waals surface area contributed by atoms with Crippen molar-refractivity contribution in [3.05, 3.63) is 154 Å². The number of benzene rings is 5. The lowest BCUT2D eigenvalue weighted by atomic mass is 10.1. The Bertz CT molecular complexity index is 2100. The summed E-state index contributed by atoms with van der Waals surface area (Å²) in [6.45, 7) is 2.87. The number of nitrogens with zero attached hydrogens (tertiary/aromatic N) is 2. The van der Waals surface area contributed by atoms with Crippen LogP contribution < -0.4 is 4.74 Å². The number of Topliss-reactive ketones (excluding diaryl/α,β-unsaturated/α-hetero) is 1. The third kappa shape index (κ3) is 7.54. The summed E-state index contributed by atoms with van der Waals surface area (Å²) in [4.78, 5) is 39.1. The van der Waals surface area contributed by atoms with Crippen LogP contribution in [0.3, 0.4) is 0 Å². The standard InChI is InChI=1S/C40H34N2O4S/c1-28(44)32-15-12-29(13-16-32)24-41(2)40(45)39(47-27-43)23-36-21-35-22-37(46-26-30-8-4-3-5-9-30)18-19-38(35)42(36)25-31-14-17-33-10-6-7-11-34(33)20-31/h3-23,27H,24-26H2,1-2H3/b39-23+. The summed E-state index contributed by atoms with van der Waals surface area (Å²) in [5.41, 5.74) is 6.16. The van der Waals surface area contributed by atoms with E-state index in [1.165, 1.54) is 12.3 Å². The maximum atomic E-state index is 13.7. The Balaban J connectivity index is 1.34. The van der Waals surface area contributed by atoms with E-state index < -0.39 is 0 Å². The third-order valence-corrected chi connectivity index (χ3v) is 8.74. The average molecular weight is 639 g/mol. The number of amides is 1. The molecule has 0 spiro atoms. The normalized spacial score (nSPS) is 11.5. The minimum absolute atomic E-state index is 0.0115. The van der Waals surface area contributed by atoms with Gasteiger partial charge in [0.15, 0.2) is 11.4 Å². The first kappa shape index (κ1) is 31.6. The second-order valence-corrected chi connectivity index (χ2v) is 12.3. The highest BCUT2D eigenvalue weighted by atomic mass is 32.2. The lowest BCUT2D eigenvalue weighted by Crippen LogP contribution is -2.27. The number of ether oxygens (including phenoxy) is 1. The van der Waals surface area contributed by atoms with Crippen LogP contribution in [-0.4, -0.2) is 33.8 Å². The molecule has 6 nitrogen and oxygen atoms in total. The second kappa shape index (κ2) is 14.4. The summed E-state index contributed by atoms with van der Waals surface area (Å²) in [6, 6.07) is 40.0. The molecule has 1 aromatic heterocycles. The Hall–Kier alpha value is -5.40. The fourth-order valence-corrected chi connectivity index (χ4v) is 6.18. The maximum absolute atomic E-state index is 13.7. The first-order valence-electron chi connectivity index (χ1n) is 15.3. The number of thioether (sulfide) groups is 1. The van der Waals surface area contributed by atoms with Gasteiger partial charge in [-0.3, -0.25) is 14.4 Å². The van der Waals surface area contributed by atoms with Gasteiger partial charge >= 0.3 is 0 Å². The first-order valence-corrected chi connectivity index (χ1v) is 16.2. The van der Waals surface area contributed by atoms with Crippen LogP contribution in [0.4, 0.5) is 0 Å². The van der Waals surface area contributed by atoms with Gasteiger partial charge in [0.1, 0.15) is 12.4 Å². The number of ketones is 1. The molecule has 0 bridgehead atoms. The molecular formula is C40H34N2O4S. The van der Waals surface area contributed by atoms with Gasteiger partial charge in [-0.2, -0.15) is 0 Å². The monoisotopic (exact) mass is 638 g/mol. The molecule has 1 heterocycles. The van der Waals surface area contributed by atoms with E-state index in [-0.39, 0.29) is 11.7 Å². The predicted molar refractivity (Wildman–Crippen MR) is 191 cm³/mol. The highest BCUT2D eigenvalue weighted by molar-refractivity contribution is 8.16. The topological polar surface area (TPSA) is 68.6 Å².